The molecule has 1 aliphatic carbocycles. The Balaban J connectivity index is 1.48. The zero-order valence-electron chi connectivity index (χ0n) is 19.9. The number of thiazole rings is 1. The zero-order chi connectivity index (χ0) is 25.6. The summed E-state index contributed by atoms with van der Waals surface area (Å²) in [5, 5.41) is 16.8. The summed E-state index contributed by atoms with van der Waals surface area (Å²) in [5.74, 6) is -2.65. The molecule has 3 aliphatic rings. The van der Waals surface area contributed by atoms with Crippen LogP contribution in [0.15, 0.2) is 29.1 Å². The van der Waals surface area contributed by atoms with Gasteiger partial charge in [-0.3, -0.25) is 23.7 Å². The normalized spacial score (nSPS) is 20.4. The first-order valence-electron chi connectivity index (χ1n) is 11.7. The van der Waals surface area contributed by atoms with Gasteiger partial charge < -0.3 is 20.6 Å². The Kier molecular flexibility index (Phi) is 5.99. The van der Waals surface area contributed by atoms with Crippen LogP contribution < -0.4 is 16.2 Å². The van der Waals surface area contributed by atoms with Gasteiger partial charge in [0.15, 0.2) is 5.69 Å². The van der Waals surface area contributed by atoms with Gasteiger partial charge in [-0.2, -0.15) is 0 Å². The number of nitrogens with one attached hydrogen (secondary N) is 2. The van der Waals surface area contributed by atoms with Gasteiger partial charge in [-0.15, -0.1) is 11.3 Å². The van der Waals surface area contributed by atoms with E-state index in [1.165, 1.54) is 34.9 Å². The molecule has 2 aliphatic heterocycles. The molecule has 3 aromatic rings. The molecule has 3 N–H and O–H groups in total. The van der Waals surface area contributed by atoms with Crippen LogP contribution in [-0.4, -0.2) is 56.4 Å². The minimum atomic E-state index is -1.09. The highest BCUT2D eigenvalue weighted by Gasteiger charge is 2.46. The Labute approximate surface area is 210 Å². The molecule has 0 unspecified atom stereocenters. The maximum Gasteiger partial charge on any atom is 0.311 e. The van der Waals surface area contributed by atoms with E-state index in [0.29, 0.717) is 37.2 Å². The molecular formula is C24H26N6O5S. The lowest BCUT2D eigenvalue weighted by molar-refractivity contribution is -0.145. The first-order chi connectivity index (χ1) is 17.2. The van der Waals surface area contributed by atoms with E-state index >= 15 is 0 Å². The van der Waals surface area contributed by atoms with Crippen molar-refractivity contribution in [1.82, 2.24) is 30.1 Å². The second-order valence-corrected chi connectivity index (χ2v) is 10.6. The van der Waals surface area contributed by atoms with Gasteiger partial charge >= 0.3 is 11.8 Å². The second-order valence-electron chi connectivity index (χ2n) is 9.49. The molecule has 12 heteroatoms. The quantitative estimate of drug-likeness (QED) is 0.445. The summed E-state index contributed by atoms with van der Waals surface area (Å²) >= 11 is 1.43. The van der Waals surface area contributed by atoms with Crippen LogP contribution in [0.4, 0.5) is 0 Å². The molecule has 1 fully saturated rings. The third-order valence-electron chi connectivity index (χ3n) is 6.88. The topological polar surface area (TPSA) is 147 Å². The van der Waals surface area contributed by atoms with Crippen molar-refractivity contribution in [1.29, 1.82) is 0 Å². The number of likely N-dealkylation sites (N-methyl/N-ethyl adjacent to an activating group) is 1. The number of hydrogen-bond donors (Lipinski definition) is 3. The van der Waals surface area contributed by atoms with Crippen molar-refractivity contribution in [3.05, 3.63) is 51.1 Å². The molecule has 1 aromatic carbocycles. The molecule has 2 aromatic heterocycles. The van der Waals surface area contributed by atoms with Crippen LogP contribution in [0.5, 0.6) is 5.75 Å². The van der Waals surface area contributed by atoms with E-state index in [1.807, 2.05) is 24.3 Å². The molecule has 0 radical (unpaired) electrons. The lowest BCUT2D eigenvalue weighted by Gasteiger charge is -2.37. The number of carbonyl (C=O) groups excluding carboxylic acids is 3. The standard InChI is InChI=1S/C24H26N6O5S/c1-29(2)22(35)20(33)28-24-9-7-13(8-10-24)12-30-21(34)18(31)17(27-23(24)30)19(32)25-11-16-26-14-5-3-4-6-15(14)36-16/h3-6,13,31H,7-12H2,1-2H3,(H,25,32)(H,28,33). The summed E-state index contributed by atoms with van der Waals surface area (Å²) in [7, 11) is 2.96. The number of aromatic nitrogens is 3. The SMILES string of the molecule is CN(C)C(=O)C(=O)NC12CCC(CC1)Cn1c2nc(C(=O)NCc2nc3ccccc3s2)c(O)c1=O. The van der Waals surface area contributed by atoms with Crippen molar-refractivity contribution < 1.29 is 19.5 Å². The van der Waals surface area contributed by atoms with Crippen molar-refractivity contribution in [3.8, 4) is 5.75 Å². The summed E-state index contributed by atoms with van der Waals surface area (Å²) in [6.07, 6.45) is 2.35. The number of amides is 3. The highest BCUT2D eigenvalue weighted by atomic mass is 32.1. The summed E-state index contributed by atoms with van der Waals surface area (Å²) < 4.78 is 2.32. The molecule has 3 amide bonds. The molecule has 0 spiro atoms. The van der Waals surface area contributed by atoms with Crippen LogP contribution in [0.1, 0.15) is 47.0 Å². The Bertz CT molecular complexity index is 1400. The number of para-hydroxylation sites is 1. The Morgan fingerprint density at radius 2 is 1.92 bits per heavy atom. The van der Waals surface area contributed by atoms with Crippen molar-refractivity contribution >= 4 is 39.3 Å². The fraction of sp³-hybridized carbons (Fsp3) is 0.417. The van der Waals surface area contributed by atoms with E-state index in [-0.39, 0.29) is 18.3 Å². The molecule has 11 nitrogen and oxygen atoms in total. The first-order valence-corrected chi connectivity index (χ1v) is 12.5. The third-order valence-corrected chi connectivity index (χ3v) is 7.92. The molecular weight excluding hydrogens is 484 g/mol. The minimum absolute atomic E-state index is 0.0962. The molecule has 0 saturated heterocycles. The largest absolute Gasteiger partial charge is 0.501 e. The fourth-order valence-corrected chi connectivity index (χ4v) is 5.87. The number of nitrogens with zero attached hydrogens (tertiary/aromatic N) is 4. The highest BCUT2D eigenvalue weighted by molar-refractivity contribution is 7.18. The Morgan fingerprint density at radius 3 is 2.61 bits per heavy atom. The lowest BCUT2D eigenvalue weighted by Crippen LogP contribution is -2.53. The van der Waals surface area contributed by atoms with Crippen molar-refractivity contribution in [2.75, 3.05) is 14.1 Å². The molecule has 36 heavy (non-hydrogen) atoms. The molecule has 0 atom stereocenters. The average molecular weight is 511 g/mol. The Hall–Kier alpha value is -3.80. The van der Waals surface area contributed by atoms with Crippen LogP contribution >= 0.6 is 11.3 Å². The smallest absolute Gasteiger partial charge is 0.311 e. The van der Waals surface area contributed by atoms with Gasteiger partial charge in [-0.1, -0.05) is 12.1 Å². The van der Waals surface area contributed by atoms with Gasteiger partial charge in [0.25, 0.3) is 11.5 Å². The summed E-state index contributed by atoms with van der Waals surface area (Å²) in [6, 6.07) is 7.59. The number of carbonyl (C=O) groups is 3. The van der Waals surface area contributed by atoms with Crippen molar-refractivity contribution in [2.24, 2.45) is 5.92 Å². The summed E-state index contributed by atoms with van der Waals surface area (Å²) in [4.78, 5) is 61.3. The predicted octanol–water partition coefficient (Wildman–Crippen LogP) is 1.09. The number of hydrogen-bond acceptors (Lipinski definition) is 8. The van der Waals surface area contributed by atoms with Crippen LogP contribution in [-0.2, 0) is 28.2 Å². The van der Waals surface area contributed by atoms with E-state index in [0.717, 1.165) is 10.2 Å². The maximum atomic E-state index is 13.2. The van der Waals surface area contributed by atoms with Gasteiger partial charge in [0.05, 0.1) is 22.3 Å². The molecule has 6 rings (SSSR count). The highest BCUT2D eigenvalue weighted by Crippen LogP contribution is 2.43. The summed E-state index contributed by atoms with van der Waals surface area (Å²) in [5.41, 5.74) is -1.43. The van der Waals surface area contributed by atoms with E-state index in [2.05, 4.69) is 20.6 Å². The van der Waals surface area contributed by atoms with E-state index in [4.69, 9.17) is 0 Å². The first kappa shape index (κ1) is 23.9. The van der Waals surface area contributed by atoms with Crippen LogP contribution in [0.25, 0.3) is 10.2 Å². The average Bonchev–Trinajstić information content (AvgIpc) is 3.15. The number of fused-ring (bicyclic) bond motifs is 3. The van der Waals surface area contributed by atoms with Crippen molar-refractivity contribution in [2.45, 2.75) is 44.3 Å². The molecule has 2 bridgehead atoms. The van der Waals surface area contributed by atoms with Crippen LogP contribution in [0.2, 0.25) is 0 Å². The molecule has 188 valence electrons. The van der Waals surface area contributed by atoms with Gasteiger partial charge in [0.1, 0.15) is 10.8 Å². The number of benzene rings is 1. The minimum Gasteiger partial charge on any atom is -0.501 e. The summed E-state index contributed by atoms with van der Waals surface area (Å²) in [6.45, 7) is 0.417. The van der Waals surface area contributed by atoms with E-state index < -0.39 is 40.3 Å². The third kappa shape index (κ3) is 4.11. The van der Waals surface area contributed by atoms with Crippen LogP contribution in [0, 0.1) is 5.92 Å². The van der Waals surface area contributed by atoms with Gasteiger partial charge in [-0.05, 0) is 43.7 Å². The van der Waals surface area contributed by atoms with Crippen molar-refractivity contribution in [3.63, 3.8) is 0 Å². The molecule has 4 heterocycles. The number of rotatable bonds is 4. The Morgan fingerprint density at radius 1 is 1.19 bits per heavy atom. The van der Waals surface area contributed by atoms with Crippen LogP contribution in [0.3, 0.4) is 0 Å². The fourth-order valence-electron chi connectivity index (χ4n) is 4.96. The second kappa shape index (κ2) is 9.01. The monoisotopic (exact) mass is 510 g/mol. The van der Waals surface area contributed by atoms with E-state index in [1.54, 1.807) is 0 Å². The van der Waals surface area contributed by atoms with Gasteiger partial charge in [-0.25, -0.2) is 9.97 Å². The van der Waals surface area contributed by atoms with Gasteiger partial charge in [0, 0.05) is 20.6 Å². The lowest BCUT2D eigenvalue weighted by atomic mass is 9.77. The number of aromatic hydroxyl groups is 1. The zero-order valence-corrected chi connectivity index (χ0v) is 20.7. The predicted molar refractivity (Wildman–Crippen MR) is 131 cm³/mol. The van der Waals surface area contributed by atoms with Gasteiger partial charge in [0.2, 0.25) is 5.75 Å². The molecule has 1 saturated carbocycles. The van der Waals surface area contributed by atoms with E-state index in [9.17, 15) is 24.3 Å². The maximum absolute atomic E-state index is 13.2.